The lowest BCUT2D eigenvalue weighted by atomic mass is 9.99. The van der Waals surface area contributed by atoms with Crippen molar-refractivity contribution in [3.63, 3.8) is 0 Å². The van der Waals surface area contributed by atoms with Crippen molar-refractivity contribution in [3.05, 3.63) is 0 Å². The lowest BCUT2D eigenvalue weighted by molar-refractivity contribution is -0.302. The highest BCUT2D eigenvalue weighted by Gasteiger charge is 2.44. The molecule has 0 aliphatic carbocycles. The highest BCUT2D eigenvalue weighted by molar-refractivity contribution is 5.75. The zero-order valence-electron chi connectivity index (χ0n) is 19.7. The number of hydrogen-bond donors (Lipinski definition) is 6. The van der Waals surface area contributed by atoms with E-state index in [9.17, 15) is 30.3 Å². The summed E-state index contributed by atoms with van der Waals surface area (Å²) in [5, 5.41) is 52.5. The molecule has 9 nitrogen and oxygen atoms in total. The van der Waals surface area contributed by atoms with Crippen LogP contribution < -0.4 is 5.32 Å². The Balaban J connectivity index is 2.45. The predicted molar refractivity (Wildman–Crippen MR) is 120 cm³/mol. The van der Waals surface area contributed by atoms with Crippen LogP contribution in [0, 0.1) is 0 Å². The van der Waals surface area contributed by atoms with Gasteiger partial charge in [0.05, 0.1) is 25.4 Å². The van der Waals surface area contributed by atoms with E-state index in [4.69, 9.17) is 9.47 Å². The number of aliphatic hydroxyl groups excluding tert-OH is 5. The van der Waals surface area contributed by atoms with Crippen LogP contribution in [0.4, 0.5) is 0 Å². The predicted octanol–water partition coefficient (Wildman–Crippen LogP) is 0.979. The minimum Gasteiger partial charge on any atom is -0.394 e. The molecule has 6 N–H and O–H groups in total. The molecular weight excluding hydrogens is 418 g/mol. The Morgan fingerprint density at radius 1 is 0.938 bits per heavy atom. The van der Waals surface area contributed by atoms with Crippen molar-refractivity contribution >= 4 is 5.91 Å². The first-order valence-electron chi connectivity index (χ1n) is 12.2. The van der Waals surface area contributed by atoms with E-state index in [-0.39, 0.29) is 18.9 Å². The van der Waals surface area contributed by atoms with Crippen LogP contribution in [0.5, 0.6) is 0 Å². The summed E-state index contributed by atoms with van der Waals surface area (Å²) in [4.78, 5) is 11.9. The van der Waals surface area contributed by atoms with Crippen LogP contribution in [0.3, 0.4) is 0 Å². The molecule has 0 aromatic rings. The first-order valence-corrected chi connectivity index (χ1v) is 12.2. The topological polar surface area (TPSA) is 149 Å². The van der Waals surface area contributed by atoms with Gasteiger partial charge in [0.1, 0.15) is 24.4 Å². The fourth-order valence-corrected chi connectivity index (χ4v) is 3.83. The zero-order valence-corrected chi connectivity index (χ0v) is 19.7. The highest BCUT2D eigenvalue weighted by Crippen LogP contribution is 2.22. The van der Waals surface area contributed by atoms with Crippen LogP contribution >= 0.6 is 0 Å². The van der Waals surface area contributed by atoms with Gasteiger partial charge in [-0.05, 0) is 6.42 Å². The maximum absolute atomic E-state index is 11.9. The maximum Gasteiger partial charge on any atom is 0.220 e. The molecule has 1 fully saturated rings. The number of ether oxygens (including phenoxy) is 2. The summed E-state index contributed by atoms with van der Waals surface area (Å²) in [6.07, 6.45) is 3.50. The average Bonchev–Trinajstić information content (AvgIpc) is 2.79. The van der Waals surface area contributed by atoms with Gasteiger partial charge >= 0.3 is 0 Å². The summed E-state index contributed by atoms with van der Waals surface area (Å²) < 4.78 is 10.9. The SMILES string of the molecule is CCCCCCCCCCCC(O)C(COC1OC(CO)C(O)C(O)C1O)NC(=O)CC. The molecule has 9 heteroatoms. The fraction of sp³-hybridized carbons (Fsp3) is 0.957. The third-order valence-electron chi connectivity index (χ3n) is 6.02. The molecule has 1 heterocycles. The second kappa shape index (κ2) is 16.7. The second-order valence-corrected chi connectivity index (χ2v) is 8.74. The Kier molecular flexibility index (Phi) is 15.3. The normalized spacial score (nSPS) is 27.8. The Morgan fingerprint density at radius 3 is 2.09 bits per heavy atom. The van der Waals surface area contributed by atoms with E-state index in [1.165, 1.54) is 38.5 Å². The summed E-state index contributed by atoms with van der Waals surface area (Å²) in [6.45, 7) is 3.21. The third-order valence-corrected chi connectivity index (χ3v) is 6.02. The van der Waals surface area contributed by atoms with Crippen LogP contribution in [0.2, 0.25) is 0 Å². The van der Waals surface area contributed by atoms with Crippen LogP contribution in [0.15, 0.2) is 0 Å². The lowest BCUT2D eigenvalue weighted by Crippen LogP contribution is -2.60. The summed E-state index contributed by atoms with van der Waals surface area (Å²) in [6, 6.07) is -0.705. The first-order chi connectivity index (χ1) is 15.3. The van der Waals surface area contributed by atoms with Crippen molar-refractivity contribution in [1.29, 1.82) is 0 Å². The van der Waals surface area contributed by atoms with Gasteiger partial charge in [-0.1, -0.05) is 71.6 Å². The molecule has 7 atom stereocenters. The van der Waals surface area contributed by atoms with E-state index in [0.717, 1.165) is 19.3 Å². The summed E-state index contributed by atoms with van der Waals surface area (Å²) in [7, 11) is 0. The molecule has 1 amide bonds. The van der Waals surface area contributed by atoms with Gasteiger partial charge in [-0.2, -0.15) is 0 Å². The molecule has 0 spiro atoms. The molecule has 190 valence electrons. The number of rotatable bonds is 17. The molecule has 0 saturated carbocycles. The molecule has 0 aromatic carbocycles. The number of hydrogen-bond acceptors (Lipinski definition) is 8. The standard InChI is InChI=1S/C23H45NO8/c1-3-5-6-7-8-9-10-11-12-13-17(26)16(24-19(27)4-2)15-31-23-22(30)21(29)20(28)18(14-25)32-23/h16-18,20-23,25-26,28-30H,3-15H2,1-2H3,(H,24,27). The van der Waals surface area contributed by atoms with Gasteiger partial charge in [0.2, 0.25) is 5.91 Å². The van der Waals surface area contributed by atoms with Crippen molar-refractivity contribution < 1.29 is 39.8 Å². The van der Waals surface area contributed by atoms with E-state index >= 15 is 0 Å². The number of carbonyl (C=O) groups is 1. The largest absolute Gasteiger partial charge is 0.394 e. The Morgan fingerprint density at radius 2 is 1.53 bits per heavy atom. The van der Waals surface area contributed by atoms with Gasteiger partial charge in [0, 0.05) is 6.42 Å². The summed E-state index contributed by atoms with van der Waals surface area (Å²) >= 11 is 0. The monoisotopic (exact) mass is 463 g/mol. The molecule has 0 aromatic heterocycles. The average molecular weight is 464 g/mol. The Bertz CT molecular complexity index is 493. The van der Waals surface area contributed by atoms with Crippen molar-refractivity contribution in [2.75, 3.05) is 13.2 Å². The molecule has 0 radical (unpaired) electrons. The van der Waals surface area contributed by atoms with Gasteiger partial charge in [0.15, 0.2) is 6.29 Å². The van der Waals surface area contributed by atoms with Gasteiger partial charge in [0.25, 0.3) is 0 Å². The zero-order chi connectivity index (χ0) is 23.9. The third kappa shape index (κ3) is 10.4. The van der Waals surface area contributed by atoms with Crippen LogP contribution in [0.25, 0.3) is 0 Å². The van der Waals surface area contributed by atoms with Crippen molar-refractivity contribution in [1.82, 2.24) is 5.32 Å². The van der Waals surface area contributed by atoms with E-state index in [2.05, 4.69) is 12.2 Å². The Hall–Kier alpha value is -0.810. The number of unbranched alkanes of at least 4 members (excludes halogenated alkanes) is 8. The van der Waals surface area contributed by atoms with E-state index in [0.29, 0.717) is 6.42 Å². The molecule has 7 unspecified atom stereocenters. The highest BCUT2D eigenvalue weighted by atomic mass is 16.7. The molecule has 1 rings (SSSR count). The van der Waals surface area contributed by atoms with Crippen LogP contribution in [0.1, 0.15) is 84.5 Å². The molecule has 32 heavy (non-hydrogen) atoms. The number of nitrogens with one attached hydrogen (secondary N) is 1. The summed E-state index contributed by atoms with van der Waals surface area (Å²) in [5.41, 5.74) is 0. The quantitative estimate of drug-likeness (QED) is 0.175. The summed E-state index contributed by atoms with van der Waals surface area (Å²) in [5.74, 6) is -0.237. The van der Waals surface area contributed by atoms with E-state index in [1.54, 1.807) is 6.92 Å². The molecule has 0 bridgehead atoms. The lowest BCUT2D eigenvalue weighted by Gasteiger charge is -2.40. The fourth-order valence-electron chi connectivity index (χ4n) is 3.83. The van der Waals surface area contributed by atoms with Gasteiger partial charge in [-0.15, -0.1) is 0 Å². The minimum atomic E-state index is -1.54. The Labute approximate surface area is 192 Å². The number of carbonyl (C=O) groups excluding carboxylic acids is 1. The maximum atomic E-state index is 11.9. The van der Waals surface area contributed by atoms with Gasteiger partial charge < -0.3 is 40.3 Å². The smallest absolute Gasteiger partial charge is 0.220 e. The second-order valence-electron chi connectivity index (χ2n) is 8.74. The molecular formula is C23H45NO8. The number of amides is 1. The molecule has 1 saturated heterocycles. The molecule has 1 aliphatic heterocycles. The van der Waals surface area contributed by atoms with Gasteiger partial charge in [-0.3, -0.25) is 4.79 Å². The van der Waals surface area contributed by atoms with Crippen molar-refractivity contribution in [3.8, 4) is 0 Å². The van der Waals surface area contributed by atoms with Crippen molar-refractivity contribution in [2.45, 2.75) is 127 Å². The molecule has 1 aliphatic rings. The van der Waals surface area contributed by atoms with Gasteiger partial charge in [-0.25, -0.2) is 0 Å². The van der Waals surface area contributed by atoms with Crippen LogP contribution in [-0.4, -0.2) is 87.5 Å². The first kappa shape index (κ1) is 29.2. The van der Waals surface area contributed by atoms with E-state index in [1.807, 2.05) is 0 Å². The van der Waals surface area contributed by atoms with Crippen LogP contribution in [-0.2, 0) is 14.3 Å². The number of aliphatic hydroxyl groups is 5. The van der Waals surface area contributed by atoms with Crippen molar-refractivity contribution in [2.24, 2.45) is 0 Å². The van der Waals surface area contributed by atoms with E-state index < -0.39 is 49.5 Å². The minimum absolute atomic E-state index is 0.146.